The predicted molar refractivity (Wildman–Crippen MR) is 130 cm³/mol. The number of furan rings is 1. The fourth-order valence-corrected chi connectivity index (χ4v) is 4.75. The zero-order chi connectivity index (χ0) is 23.5. The van der Waals surface area contributed by atoms with E-state index in [2.05, 4.69) is 16.3 Å². The Kier molecular flexibility index (Phi) is 6.51. The summed E-state index contributed by atoms with van der Waals surface area (Å²) in [5.41, 5.74) is 3.96. The highest BCUT2D eigenvalue weighted by Crippen LogP contribution is 2.24. The van der Waals surface area contributed by atoms with E-state index in [1.165, 1.54) is 5.56 Å². The molecule has 1 aliphatic rings. The van der Waals surface area contributed by atoms with Gasteiger partial charge in [-0.1, -0.05) is 19.1 Å². The molecule has 178 valence electrons. The highest BCUT2D eigenvalue weighted by molar-refractivity contribution is 5.94. The number of aromatic nitrogens is 1. The molecule has 2 aromatic carbocycles. The second kappa shape index (κ2) is 9.87. The number of carbonyl (C=O) groups is 1. The molecule has 0 spiro atoms. The molecule has 0 saturated carbocycles. The number of ether oxygens (including phenoxy) is 1. The summed E-state index contributed by atoms with van der Waals surface area (Å²) in [6.07, 6.45) is 3.42. The number of aryl methyl sites for hydroxylation is 1. The molecule has 34 heavy (non-hydrogen) atoms. The van der Waals surface area contributed by atoms with Crippen molar-refractivity contribution >= 4 is 33.7 Å². The van der Waals surface area contributed by atoms with Crippen LogP contribution in [0.25, 0.3) is 22.1 Å². The fourth-order valence-electron chi connectivity index (χ4n) is 4.75. The summed E-state index contributed by atoms with van der Waals surface area (Å²) in [6, 6.07) is 13.4. The van der Waals surface area contributed by atoms with Crippen molar-refractivity contribution < 1.29 is 18.4 Å². The van der Waals surface area contributed by atoms with Gasteiger partial charge in [-0.05, 0) is 48.6 Å². The Morgan fingerprint density at radius 1 is 1.18 bits per heavy atom. The van der Waals surface area contributed by atoms with Gasteiger partial charge >= 0.3 is 5.76 Å². The maximum Gasteiger partial charge on any atom is 0.419 e. The molecule has 2 aromatic heterocycles. The van der Waals surface area contributed by atoms with Gasteiger partial charge in [0.05, 0.1) is 31.5 Å². The van der Waals surface area contributed by atoms with Crippen LogP contribution in [0.5, 0.6) is 0 Å². The molecule has 0 bridgehead atoms. The summed E-state index contributed by atoms with van der Waals surface area (Å²) in [7, 11) is 0. The molecule has 5 rings (SSSR count). The number of carbonyl (C=O) groups excluding carboxylic acids is 1. The van der Waals surface area contributed by atoms with E-state index in [9.17, 15) is 9.59 Å². The molecule has 1 atom stereocenters. The first-order valence-electron chi connectivity index (χ1n) is 11.8. The number of fused-ring (bicyclic) bond motifs is 2. The maximum atomic E-state index is 12.8. The van der Waals surface area contributed by atoms with Gasteiger partial charge in [0.25, 0.3) is 0 Å². The van der Waals surface area contributed by atoms with Crippen molar-refractivity contribution in [2.75, 3.05) is 38.2 Å². The molecule has 3 heterocycles. The Morgan fingerprint density at radius 2 is 2.09 bits per heavy atom. The Morgan fingerprint density at radius 3 is 2.97 bits per heavy atom. The molecule has 4 aromatic rings. The number of anilines is 1. The first-order valence-corrected chi connectivity index (χ1v) is 11.8. The van der Waals surface area contributed by atoms with Crippen molar-refractivity contribution in [3.63, 3.8) is 0 Å². The second-order valence-electron chi connectivity index (χ2n) is 8.88. The molecule has 0 radical (unpaired) electrons. The van der Waals surface area contributed by atoms with Gasteiger partial charge in [0, 0.05) is 36.8 Å². The highest BCUT2D eigenvalue weighted by atomic mass is 16.5. The van der Waals surface area contributed by atoms with Crippen LogP contribution < -0.4 is 11.1 Å². The van der Waals surface area contributed by atoms with Gasteiger partial charge in [-0.3, -0.25) is 14.3 Å². The third-order valence-corrected chi connectivity index (χ3v) is 6.28. The molecule has 8 nitrogen and oxygen atoms in total. The number of oxazole rings is 1. The zero-order valence-corrected chi connectivity index (χ0v) is 19.3. The van der Waals surface area contributed by atoms with Crippen LogP contribution in [0, 0.1) is 5.92 Å². The Labute approximate surface area is 197 Å². The predicted octanol–water partition coefficient (Wildman–Crippen LogP) is 3.88. The van der Waals surface area contributed by atoms with Gasteiger partial charge in [0.2, 0.25) is 5.91 Å². The van der Waals surface area contributed by atoms with Crippen LogP contribution in [-0.4, -0.2) is 48.2 Å². The minimum absolute atomic E-state index is 0.104. The third-order valence-electron chi connectivity index (χ3n) is 6.28. The summed E-state index contributed by atoms with van der Waals surface area (Å²) in [5, 5.41) is 4.07. The van der Waals surface area contributed by atoms with E-state index in [1.54, 1.807) is 23.0 Å². The summed E-state index contributed by atoms with van der Waals surface area (Å²) in [4.78, 5) is 27.0. The molecule has 1 amide bonds. The van der Waals surface area contributed by atoms with Crippen LogP contribution in [0.15, 0.2) is 62.4 Å². The van der Waals surface area contributed by atoms with Crippen molar-refractivity contribution in [3.05, 3.63) is 64.8 Å². The molecular weight excluding hydrogens is 434 g/mol. The molecular formula is C26H29N3O5. The average molecular weight is 464 g/mol. The van der Waals surface area contributed by atoms with Crippen molar-refractivity contribution in [2.24, 2.45) is 5.92 Å². The minimum Gasteiger partial charge on any atom is -0.464 e. The van der Waals surface area contributed by atoms with Crippen LogP contribution in [-0.2, 0) is 22.5 Å². The summed E-state index contributed by atoms with van der Waals surface area (Å²) < 4.78 is 18.3. The average Bonchev–Trinajstić information content (AvgIpc) is 3.34. The lowest BCUT2D eigenvalue weighted by Crippen LogP contribution is -2.37. The van der Waals surface area contributed by atoms with Crippen molar-refractivity contribution in [1.29, 1.82) is 0 Å². The van der Waals surface area contributed by atoms with E-state index in [-0.39, 0.29) is 24.1 Å². The number of hydrogen-bond acceptors (Lipinski definition) is 6. The highest BCUT2D eigenvalue weighted by Gasteiger charge is 2.22. The van der Waals surface area contributed by atoms with Crippen LogP contribution >= 0.6 is 0 Å². The normalized spacial score (nSPS) is 17.3. The summed E-state index contributed by atoms with van der Waals surface area (Å²) in [5.74, 6) is -0.200. The quantitative estimate of drug-likeness (QED) is 0.447. The zero-order valence-electron chi connectivity index (χ0n) is 19.3. The van der Waals surface area contributed by atoms with Gasteiger partial charge in [-0.25, -0.2) is 4.79 Å². The van der Waals surface area contributed by atoms with Gasteiger partial charge in [-0.2, -0.15) is 0 Å². The number of benzene rings is 2. The SMILES string of the molecule is CCCn1c(=O)oc2cc(NC(=O)CN3CCOCC(Cc4cccc5occc45)C3)ccc21. The summed E-state index contributed by atoms with van der Waals surface area (Å²) in [6.45, 7) is 5.62. The molecule has 1 aliphatic heterocycles. The fraction of sp³-hybridized carbons (Fsp3) is 0.385. The minimum atomic E-state index is -0.373. The van der Waals surface area contributed by atoms with E-state index < -0.39 is 0 Å². The van der Waals surface area contributed by atoms with Crippen molar-refractivity contribution in [3.8, 4) is 0 Å². The first-order chi connectivity index (χ1) is 16.6. The molecule has 8 heteroatoms. The Hall–Kier alpha value is -3.36. The first kappa shape index (κ1) is 22.4. The molecule has 1 unspecified atom stereocenters. The van der Waals surface area contributed by atoms with Crippen molar-refractivity contribution in [1.82, 2.24) is 9.47 Å². The maximum absolute atomic E-state index is 12.8. The van der Waals surface area contributed by atoms with E-state index in [1.807, 2.05) is 31.2 Å². The monoisotopic (exact) mass is 463 g/mol. The molecule has 1 N–H and O–H groups in total. The lowest BCUT2D eigenvalue weighted by molar-refractivity contribution is -0.117. The Balaban J connectivity index is 1.23. The number of nitrogens with zero attached hydrogens (tertiary/aromatic N) is 2. The number of rotatable bonds is 7. The topological polar surface area (TPSA) is 89.9 Å². The van der Waals surface area contributed by atoms with Gasteiger partial charge in [-0.15, -0.1) is 0 Å². The lowest BCUT2D eigenvalue weighted by atomic mass is 9.97. The number of nitrogens with one attached hydrogen (secondary N) is 1. The molecule has 0 aliphatic carbocycles. The third kappa shape index (κ3) is 4.78. The largest absolute Gasteiger partial charge is 0.464 e. The van der Waals surface area contributed by atoms with E-state index >= 15 is 0 Å². The molecule has 1 fully saturated rings. The van der Waals surface area contributed by atoms with Crippen LogP contribution in [0.4, 0.5) is 5.69 Å². The van der Waals surface area contributed by atoms with Crippen LogP contribution in [0.2, 0.25) is 0 Å². The van der Waals surface area contributed by atoms with E-state index in [0.29, 0.717) is 37.6 Å². The van der Waals surface area contributed by atoms with Crippen molar-refractivity contribution in [2.45, 2.75) is 26.3 Å². The van der Waals surface area contributed by atoms with Crippen LogP contribution in [0.1, 0.15) is 18.9 Å². The van der Waals surface area contributed by atoms with Gasteiger partial charge in [0.1, 0.15) is 5.58 Å². The van der Waals surface area contributed by atoms with E-state index in [0.717, 1.165) is 35.9 Å². The number of amides is 1. The Bertz CT molecular complexity index is 1350. The van der Waals surface area contributed by atoms with Gasteiger partial charge in [0.15, 0.2) is 5.58 Å². The number of hydrogen-bond donors (Lipinski definition) is 1. The van der Waals surface area contributed by atoms with Crippen LogP contribution in [0.3, 0.4) is 0 Å². The lowest BCUT2D eigenvalue weighted by Gasteiger charge is -2.23. The van der Waals surface area contributed by atoms with Gasteiger partial charge < -0.3 is 18.9 Å². The molecule has 1 saturated heterocycles. The smallest absolute Gasteiger partial charge is 0.419 e. The van der Waals surface area contributed by atoms with E-state index in [4.69, 9.17) is 13.6 Å². The summed E-state index contributed by atoms with van der Waals surface area (Å²) >= 11 is 0. The second-order valence-corrected chi connectivity index (χ2v) is 8.88. The standard InChI is InChI=1S/C26H29N3O5/c1-2-9-29-22-7-6-20(14-24(22)34-26(29)31)27-25(30)16-28-10-12-32-17-18(15-28)13-19-4-3-5-23-21(19)8-11-33-23/h3-8,11,14,18H,2,9-10,12-13,15-17H2,1H3,(H,27,30).